The van der Waals surface area contributed by atoms with Crippen LogP contribution in [0.5, 0.6) is 5.75 Å². The number of rotatable bonds is 7. The van der Waals surface area contributed by atoms with E-state index in [4.69, 9.17) is 4.74 Å². The van der Waals surface area contributed by atoms with E-state index in [0.29, 0.717) is 12.2 Å². The predicted molar refractivity (Wildman–Crippen MR) is 118 cm³/mol. The van der Waals surface area contributed by atoms with Crippen LogP contribution < -0.4 is 14.8 Å². The average Bonchev–Trinajstić information content (AvgIpc) is 3.12. The van der Waals surface area contributed by atoms with Crippen molar-refractivity contribution in [2.75, 3.05) is 11.8 Å². The lowest BCUT2D eigenvalue weighted by atomic mass is 10.2. The fraction of sp³-hybridized carbons (Fsp3) is 0.150. The van der Waals surface area contributed by atoms with Crippen molar-refractivity contribution in [2.24, 2.45) is 0 Å². The number of aryl methyl sites for hydroxylation is 1. The van der Waals surface area contributed by atoms with Crippen molar-refractivity contribution in [3.63, 3.8) is 0 Å². The molecule has 1 amide bonds. The average molecular weight is 495 g/mol. The van der Waals surface area contributed by atoms with E-state index in [1.165, 1.54) is 36.6 Å². The van der Waals surface area contributed by atoms with Gasteiger partial charge >= 0.3 is 0 Å². The van der Waals surface area contributed by atoms with E-state index in [-0.39, 0.29) is 22.1 Å². The molecule has 0 radical (unpaired) electrons. The van der Waals surface area contributed by atoms with E-state index >= 15 is 0 Å². The minimum atomic E-state index is -3.95. The molecule has 0 saturated carbocycles. The maximum Gasteiger partial charge on any atom is 0.265 e. The number of benzene rings is 2. The van der Waals surface area contributed by atoms with Gasteiger partial charge in [-0.1, -0.05) is 17.7 Å². The van der Waals surface area contributed by atoms with Gasteiger partial charge in [-0.3, -0.25) is 9.52 Å². The van der Waals surface area contributed by atoms with Gasteiger partial charge in [0.1, 0.15) is 10.6 Å². The molecule has 9 heteroatoms. The molecule has 2 aromatic carbocycles. The zero-order chi connectivity index (χ0) is 21.0. The van der Waals surface area contributed by atoms with Crippen LogP contribution in [0.3, 0.4) is 0 Å². The van der Waals surface area contributed by atoms with Crippen LogP contribution >= 0.6 is 27.3 Å². The molecule has 0 aliphatic carbocycles. The third-order valence-corrected chi connectivity index (χ3v) is 7.16. The highest BCUT2D eigenvalue weighted by Crippen LogP contribution is 2.27. The van der Waals surface area contributed by atoms with Gasteiger partial charge < -0.3 is 10.1 Å². The van der Waals surface area contributed by atoms with Gasteiger partial charge in [-0.25, -0.2) is 8.42 Å². The second kappa shape index (κ2) is 8.98. The summed E-state index contributed by atoms with van der Waals surface area (Å²) in [5.74, 6) is -0.215. The van der Waals surface area contributed by atoms with E-state index < -0.39 is 10.0 Å². The fourth-order valence-corrected chi connectivity index (χ4v) is 5.22. The molecule has 1 aromatic heterocycles. The molecule has 6 nitrogen and oxygen atoms in total. The summed E-state index contributed by atoms with van der Waals surface area (Å²) in [6, 6.07) is 13.2. The smallest absolute Gasteiger partial charge is 0.265 e. The highest BCUT2D eigenvalue weighted by molar-refractivity contribution is 9.10. The Morgan fingerprint density at radius 3 is 2.48 bits per heavy atom. The molecule has 0 unspecified atom stereocenters. The lowest BCUT2D eigenvalue weighted by molar-refractivity contribution is 0.0951. The molecule has 3 aromatic rings. The van der Waals surface area contributed by atoms with Gasteiger partial charge in [-0.15, -0.1) is 11.3 Å². The number of halogens is 1. The van der Waals surface area contributed by atoms with Crippen molar-refractivity contribution in [2.45, 2.75) is 18.4 Å². The van der Waals surface area contributed by atoms with Crippen molar-refractivity contribution in [3.8, 4) is 5.75 Å². The van der Waals surface area contributed by atoms with Crippen LogP contribution in [0.1, 0.15) is 20.8 Å². The van der Waals surface area contributed by atoms with Crippen LogP contribution in [0.15, 0.2) is 63.3 Å². The summed E-state index contributed by atoms with van der Waals surface area (Å²) in [5.41, 5.74) is 1.67. The highest BCUT2D eigenvalue weighted by Gasteiger charge is 2.22. The standard InChI is InChI=1S/C20H19BrN2O4S2/c1-13-3-6-16(7-4-13)23-29(25,26)19-9-14(5-8-18(19)27-2)20(24)22-11-17-10-15(21)12-28-17/h3-10,12,23H,11H2,1-2H3,(H,22,24). The third-order valence-electron chi connectivity index (χ3n) is 4.06. The zero-order valence-corrected chi connectivity index (χ0v) is 18.9. The number of carbonyl (C=O) groups is 1. The van der Waals surface area contributed by atoms with Gasteiger partial charge in [0.15, 0.2) is 0 Å². The topological polar surface area (TPSA) is 84.5 Å². The number of anilines is 1. The van der Waals surface area contributed by atoms with Crippen molar-refractivity contribution in [1.82, 2.24) is 5.32 Å². The summed E-state index contributed by atoms with van der Waals surface area (Å²) in [6.07, 6.45) is 0. The van der Waals surface area contributed by atoms with Crippen LogP contribution in [0, 0.1) is 6.92 Å². The van der Waals surface area contributed by atoms with Crippen LogP contribution in [0.25, 0.3) is 0 Å². The zero-order valence-electron chi connectivity index (χ0n) is 15.7. The van der Waals surface area contributed by atoms with Gasteiger partial charge in [0.25, 0.3) is 15.9 Å². The third kappa shape index (κ3) is 5.37. The Morgan fingerprint density at radius 1 is 1.14 bits per heavy atom. The number of thiophene rings is 1. The largest absolute Gasteiger partial charge is 0.495 e. The van der Waals surface area contributed by atoms with Crippen LogP contribution in [-0.2, 0) is 16.6 Å². The summed E-state index contributed by atoms with van der Waals surface area (Å²) in [7, 11) is -2.56. The van der Waals surface area contributed by atoms with Crippen molar-refractivity contribution in [3.05, 3.63) is 74.4 Å². The summed E-state index contributed by atoms with van der Waals surface area (Å²) in [5, 5.41) is 4.72. The summed E-state index contributed by atoms with van der Waals surface area (Å²) < 4.78 is 34.5. The minimum Gasteiger partial charge on any atom is -0.495 e. The summed E-state index contributed by atoms with van der Waals surface area (Å²) >= 11 is 4.89. The van der Waals surface area contributed by atoms with Crippen molar-refractivity contribution in [1.29, 1.82) is 0 Å². The molecule has 1 heterocycles. The molecule has 0 fully saturated rings. The second-order valence-electron chi connectivity index (χ2n) is 6.25. The molecule has 152 valence electrons. The number of ether oxygens (including phenoxy) is 1. The number of amides is 1. The molecule has 29 heavy (non-hydrogen) atoms. The molecule has 3 rings (SSSR count). The lowest BCUT2D eigenvalue weighted by Gasteiger charge is -2.13. The van der Waals surface area contributed by atoms with E-state index in [0.717, 1.165) is 14.9 Å². The Hall–Kier alpha value is -2.36. The van der Waals surface area contributed by atoms with E-state index in [1.807, 2.05) is 30.5 Å². The first-order valence-electron chi connectivity index (χ1n) is 8.57. The highest BCUT2D eigenvalue weighted by atomic mass is 79.9. The van der Waals surface area contributed by atoms with Gasteiger partial charge in [0, 0.05) is 26.0 Å². The normalized spacial score (nSPS) is 11.1. The SMILES string of the molecule is COc1ccc(C(=O)NCc2cc(Br)cs2)cc1S(=O)(=O)Nc1ccc(C)cc1. The van der Waals surface area contributed by atoms with E-state index in [9.17, 15) is 13.2 Å². The first kappa shape index (κ1) is 21.4. The second-order valence-corrected chi connectivity index (χ2v) is 9.81. The number of carbonyl (C=O) groups excluding carboxylic acids is 1. The molecule has 0 atom stereocenters. The maximum absolute atomic E-state index is 12.9. The van der Waals surface area contributed by atoms with Gasteiger partial charge in [0.2, 0.25) is 0 Å². The fourth-order valence-electron chi connectivity index (χ4n) is 2.58. The van der Waals surface area contributed by atoms with Crippen LogP contribution in [0.4, 0.5) is 5.69 Å². The van der Waals surface area contributed by atoms with Crippen molar-refractivity contribution >= 4 is 48.9 Å². The van der Waals surface area contributed by atoms with Gasteiger partial charge in [-0.2, -0.15) is 0 Å². The summed E-state index contributed by atoms with van der Waals surface area (Å²) in [6.45, 7) is 2.27. The van der Waals surface area contributed by atoms with Crippen LogP contribution in [0.2, 0.25) is 0 Å². The van der Waals surface area contributed by atoms with E-state index in [1.54, 1.807) is 12.1 Å². The van der Waals surface area contributed by atoms with Gasteiger partial charge in [-0.05, 0) is 59.3 Å². The molecular formula is C20H19BrN2O4S2. The number of sulfonamides is 1. The number of hydrogen-bond acceptors (Lipinski definition) is 5. The first-order chi connectivity index (χ1) is 13.8. The molecule has 0 bridgehead atoms. The number of nitrogens with one attached hydrogen (secondary N) is 2. The van der Waals surface area contributed by atoms with Crippen LogP contribution in [-0.4, -0.2) is 21.4 Å². The molecular weight excluding hydrogens is 476 g/mol. The maximum atomic E-state index is 12.9. The molecule has 0 spiro atoms. The van der Waals surface area contributed by atoms with Crippen molar-refractivity contribution < 1.29 is 17.9 Å². The Morgan fingerprint density at radius 2 is 1.86 bits per heavy atom. The molecule has 2 N–H and O–H groups in total. The first-order valence-corrected chi connectivity index (χ1v) is 11.7. The van der Waals surface area contributed by atoms with E-state index in [2.05, 4.69) is 26.0 Å². The Balaban J connectivity index is 1.83. The predicted octanol–water partition coefficient (Wildman–Crippen LogP) is 4.56. The lowest BCUT2D eigenvalue weighted by Crippen LogP contribution is -2.23. The molecule has 0 aliphatic rings. The molecule has 0 aliphatic heterocycles. The monoisotopic (exact) mass is 494 g/mol. The quantitative estimate of drug-likeness (QED) is 0.504. The number of hydrogen-bond donors (Lipinski definition) is 2. The molecule has 0 saturated heterocycles. The minimum absolute atomic E-state index is 0.105. The Kier molecular flexibility index (Phi) is 6.61. The summed E-state index contributed by atoms with van der Waals surface area (Å²) in [4.78, 5) is 13.4. The van der Waals surface area contributed by atoms with Gasteiger partial charge in [0.05, 0.1) is 13.7 Å². The Labute approximate surface area is 182 Å². The number of methoxy groups -OCH3 is 1. The Bertz CT molecular complexity index is 1130.